The summed E-state index contributed by atoms with van der Waals surface area (Å²) in [7, 11) is 0. The minimum atomic E-state index is -0.283. The van der Waals surface area contributed by atoms with E-state index in [1.54, 1.807) is 18.2 Å². The summed E-state index contributed by atoms with van der Waals surface area (Å²) in [6, 6.07) is 18.8. The highest BCUT2D eigenvalue weighted by Crippen LogP contribution is 2.31. The molecule has 5 nitrogen and oxygen atoms in total. The van der Waals surface area contributed by atoms with Gasteiger partial charge in [0.1, 0.15) is 5.52 Å². The molecule has 1 unspecified atom stereocenters. The minimum absolute atomic E-state index is 0.151. The molecule has 0 aliphatic rings. The van der Waals surface area contributed by atoms with Crippen molar-refractivity contribution < 1.29 is 9.21 Å². The second-order valence-electron chi connectivity index (χ2n) is 7.97. The standard InChI is InChI=1S/C26H24ClN3O2S/c1-4-15(2)17-10-12-23-22(13-17)28-25(32-23)18-9-11-20(27)21(14-18)29-26(33)30-24(31)19-8-6-5-7-16(19)3/h5-15H,4H2,1-3H3,(H2,29,30,31,33). The number of halogens is 1. The summed E-state index contributed by atoms with van der Waals surface area (Å²) < 4.78 is 5.97. The molecule has 0 fully saturated rings. The van der Waals surface area contributed by atoms with E-state index in [0.717, 1.165) is 28.6 Å². The van der Waals surface area contributed by atoms with Crippen LogP contribution in [0.25, 0.3) is 22.6 Å². The smallest absolute Gasteiger partial charge is 0.257 e. The van der Waals surface area contributed by atoms with Gasteiger partial charge in [0.15, 0.2) is 10.7 Å². The highest BCUT2D eigenvalue weighted by molar-refractivity contribution is 7.80. The molecule has 2 N–H and O–H groups in total. The lowest BCUT2D eigenvalue weighted by Gasteiger charge is -2.12. The minimum Gasteiger partial charge on any atom is -0.436 e. The largest absolute Gasteiger partial charge is 0.436 e. The van der Waals surface area contributed by atoms with Crippen molar-refractivity contribution in [2.24, 2.45) is 0 Å². The van der Waals surface area contributed by atoms with Gasteiger partial charge < -0.3 is 9.73 Å². The van der Waals surface area contributed by atoms with E-state index in [9.17, 15) is 4.79 Å². The van der Waals surface area contributed by atoms with Crippen LogP contribution in [0.15, 0.2) is 65.1 Å². The molecule has 1 heterocycles. The molecule has 0 spiro atoms. The maximum atomic E-state index is 12.5. The topological polar surface area (TPSA) is 67.2 Å². The van der Waals surface area contributed by atoms with Crippen molar-refractivity contribution in [1.29, 1.82) is 0 Å². The van der Waals surface area contributed by atoms with Crippen LogP contribution in [0.1, 0.15) is 47.7 Å². The second-order valence-corrected chi connectivity index (χ2v) is 8.79. The quantitative estimate of drug-likeness (QED) is 0.300. The number of hydrogen-bond acceptors (Lipinski definition) is 4. The third-order valence-electron chi connectivity index (χ3n) is 5.67. The van der Waals surface area contributed by atoms with Gasteiger partial charge in [-0.1, -0.05) is 49.7 Å². The Bertz CT molecular complexity index is 1350. The number of aromatic nitrogens is 1. The Hall–Kier alpha value is -3.22. The first-order chi connectivity index (χ1) is 15.9. The van der Waals surface area contributed by atoms with Gasteiger partial charge in [-0.2, -0.15) is 0 Å². The van der Waals surface area contributed by atoms with Crippen LogP contribution in [0.5, 0.6) is 0 Å². The summed E-state index contributed by atoms with van der Waals surface area (Å²) >= 11 is 11.7. The Morgan fingerprint density at radius 3 is 2.70 bits per heavy atom. The van der Waals surface area contributed by atoms with Gasteiger partial charge in [0, 0.05) is 11.1 Å². The number of hydrogen-bond donors (Lipinski definition) is 2. The molecule has 4 aromatic rings. The van der Waals surface area contributed by atoms with Crippen LogP contribution < -0.4 is 10.6 Å². The van der Waals surface area contributed by atoms with E-state index in [2.05, 4.69) is 41.6 Å². The maximum Gasteiger partial charge on any atom is 0.257 e. The molecule has 0 saturated heterocycles. The third-order valence-corrected chi connectivity index (χ3v) is 6.21. The number of benzene rings is 3. The number of thiocarbonyl (C=S) groups is 1. The number of carbonyl (C=O) groups is 1. The van der Waals surface area contributed by atoms with Crippen molar-refractivity contribution in [3.63, 3.8) is 0 Å². The van der Waals surface area contributed by atoms with Gasteiger partial charge in [0.25, 0.3) is 5.91 Å². The zero-order valence-electron chi connectivity index (χ0n) is 18.6. The van der Waals surface area contributed by atoms with Gasteiger partial charge in [-0.25, -0.2) is 4.98 Å². The summed E-state index contributed by atoms with van der Waals surface area (Å²) in [5.74, 6) is 0.659. The van der Waals surface area contributed by atoms with Gasteiger partial charge in [0.05, 0.1) is 10.7 Å². The Morgan fingerprint density at radius 1 is 1.15 bits per heavy atom. The Kier molecular flexibility index (Phi) is 6.77. The average Bonchev–Trinajstić information content (AvgIpc) is 3.23. The lowest BCUT2D eigenvalue weighted by atomic mass is 9.98. The molecule has 1 aromatic heterocycles. The molecule has 7 heteroatoms. The molecule has 0 saturated carbocycles. The van der Waals surface area contributed by atoms with Crippen molar-refractivity contribution in [3.05, 3.63) is 82.4 Å². The number of fused-ring (bicyclic) bond motifs is 1. The van der Waals surface area contributed by atoms with Crippen molar-refractivity contribution >= 4 is 51.6 Å². The fourth-order valence-electron chi connectivity index (χ4n) is 3.52. The maximum absolute atomic E-state index is 12.5. The normalized spacial score (nSPS) is 11.9. The second kappa shape index (κ2) is 9.73. The summed E-state index contributed by atoms with van der Waals surface area (Å²) in [4.78, 5) is 17.2. The SMILES string of the molecule is CCC(C)c1ccc2oc(-c3ccc(Cl)c(NC(=S)NC(=O)c4ccccc4C)c3)nc2c1. The number of aryl methyl sites for hydroxylation is 1. The highest BCUT2D eigenvalue weighted by Gasteiger charge is 2.15. The van der Waals surface area contributed by atoms with E-state index >= 15 is 0 Å². The summed E-state index contributed by atoms with van der Waals surface area (Å²) in [6.45, 7) is 6.23. The molecule has 3 aromatic carbocycles. The lowest BCUT2D eigenvalue weighted by molar-refractivity contribution is 0.0977. The van der Waals surface area contributed by atoms with Crippen LogP contribution in [0.3, 0.4) is 0 Å². The molecule has 33 heavy (non-hydrogen) atoms. The lowest BCUT2D eigenvalue weighted by Crippen LogP contribution is -2.34. The summed E-state index contributed by atoms with van der Waals surface area (Å²) in [5.41, 5.74) is 5.49. The van der Waals surface area contributed by atoms with Crippen LogP contribution in [-0.4, -0.2) is 16.0 Å². The van der Waals surface area contributed by atoms with Crippen LogP contribution in [0.2, 0.25) is 5.02 Å². The molecule has 0 radical (unpaired) electrons. The van der Waals surface area contributed by atoms with Crippen LogP contribution in [0.4, 0.5) is 5.69 Å². The van der Waals surface area contributed by atoms with Crippen LogP contribution in [0, 0.1) is 6.92 Å². The monoisotopic (exact) mass is 477 g/mol. The summed E-state index contributed by atoms with van der Waals surface area (Å²) in [5, 5.41) is 6.31. The van der Waals surface area contributed by atoms with Crippen LogP contribution >= 0.6 is 23.8 Å². The highest BCUT2D eigenvalue weighted by atomic mass is 35.5. The van der Waals surface area contributed by atoms with E-state index < -0.39 is 0 Å². The fourth-order valence-corrected chi connectivity index (χ4v) is 3.88. The van der Waals surface area contributed by atoms with Crippen molar-refractivity contribution in [3.8, 4) is 11.5 Å². The van der Waals surface area contributed by atoms with Gasteiger partial charge in [-0.15, -0.1) is 0 Å². The Balaban J connectivity index is 1.55. The molecule has 1 amide bonds. The van der Waals surface area contributed by atoms with Crippen molar-refractivity contribution in [2.75, 3.05) is 5.32 Å². The molecule has 4 rings (SSSR count). The van der Waals surface area contributed by atoms with Gasteiger partial charge in [0.2, 0.25) is 5.89 Å². The zero-order chi connectivity index (χ0) is 23.5. The third kappa shape index (κ3) is 5.07. The van der Waals surface area contributed by atoms with Crippen LogP contribution in [-0.2, 0) is 0 Å². The first kappa shape index (κ1) is 23.0. The molecular weight excluding hydrogens is 454 g/mol. The number of rotatable bonds is 5. The van der Waals surface area contributed by atoms with Crippen molar-refractivity contribution in [2.45, 2.75) is 33.1 Å². The number of amides is 1. The predicted octanol–water partition coefficient (Wildman–Crippen LogP) is 7.10. The number of anilines is 1. The first-order valence-corrected chi connectivity index (χ1v) is 11.5. The van der Waals surface area contributed by atoms with Gasteiger partial charge in [-0.3, -0.25) is 10.1 Å². The molecule has 0 bridgehead atoms. The average molecular weight is 478 g/mol. The van der Waals surface area contributed by atoms with Gasteiger partial charge in [-0.05, 0) is 79.0 Å². The molecular formula is C26H24ClN3O2S. The number of carbonyl (C=O) groups excluding carboxylic acids is 1. The number of nitrogens with one attached hydrogen (secondary N) is 2. The summed E-state index contributed by atoms with van der Waals surface area (Å²) in [6.07, 6.45) is 1.06. The predicted molar refractivity (Wildman–Crippen MR) is 138 cm³/mol. The van der Waals surface area contributed by atoms with Crippen molar-refractivity contribution in [1.82, 2.24) is 10.3 Å². The molecule has 1 atom stereocenters. The number of nitrogens with zero attached hydrogens (tertiary/aromatic N) is 1. The Morgan fingerprint density at radius 2 is 1.94 bits per heavy atom. The molecule has 168 valence electrons. The number of oxazole rings is 1. The van der Waals surface area contributed by atoms with E-state index in [1.165, 1.54) is 5.56 Å². The van der Waals surface area contributed by atoms with E-state index in [0.29, 0.717) is 28.1 Å². The fraction of sp³-hybridized carbons (Fsp3) is 0.192. The Labute approximate surface area is 203 Å². The van der Waals surface area contributed by atoms with E-state index in [4.69, 9.17) is 28.2 Å². The molecule has 0 aliphatic carbocycles. The van der Waals surface area contributed by atoms with Gasteiger partial charge >= 0.3 is 0 Å². The van der Waals surface area contributed by atoms with E-state index in [-0.39, 0.29) is 11.0 Å². The zero-order valence-corrected chi connectivity index (χ0v) is 20.2. The first-order valence-electron chi connectivity index (χ1n) is 10.7. The molecule has 0 aliphatic heterocycles. The van der Waals surface area contributed by atoms with E-state index in [1.807, 2.05) is 37.3 Å².